The van der Waals surface area contributed by atoms with E-state index >= 15 is 0 Å². The molecule has 0 radical (unpaired) electrons. The number of phenolic OH excluding ortho intramolecular Hbond substituents is 1. The van der Waals surface area contributed by atoms with E-state index in [9.17, 15) is 9.90 Å². The molecule has 4 N–H and O–H groups in total. The van der Waals surface area contributed by atoms with Crippen molar-refractivity contribution in [3.05, 3.63) is 83.2 Å². The lowest BCUT2D eigenvalue weighted by atomic mass is 9.93. The molecule has 1 aromatic heterocycles. The summed E-state index contributed by atoms with van der Waals surface area (Å²) in [6.07, 6.45) is 3.58. The number of aromatic nitrogens is 2. The topological polar surface area (TPSA) is 93.2 Å². The highest BCUT2D eigenvalue weighted by atomic mass is 16.3. The van der Waals surface area contributed by atoms with Gasteiger partial charge in [-0.25, -0.2) is 0 Å². The molecule has 158 valence electrons. The monoisotopic (exact) mass is 414 g/mol. The fourth-order valence-electron chi connectivity index (χ4n) is 3.92. The number of aromatic hydroxyl groups is 1. The van der Waals surface area contributed by atoms with Crippen molar-refractivity contribution in [1.29, 1.82) is 0 Å². The van der Waals surface area contributed by atoms with E-state index in [0.29, 0.717) is 17.7 Å². The Balaban J connectivity index is 1.76. The summed E-state index contributed by atoms with van der Waals surface area (Å²) in [7, 11) is 1.84. The minimum Gasteiger partial charge on any atom is -0.507 e. The lowest BCUT2D eigenvalue weighted by molar-refractivity contribution is 0.0939. The average molecular weight is 415 g/mol. The molecule has 1 atom stereocenters. The van der Waals surface area contributed by atoms with E-state index in [1.165, 1.54) is 0 Å². The second-order valence-corrected chi connectivity index (χ2v) is 7.86. The van der Waals surface area contributed by atoms with Gasteiger partial charge in [0.05, 0.1) is 12.2 Å². The number of hydrogen-bond donors (Lipinski definition) is 3. The number of benzene rings is 3. The second-order valence-electron chi connectivity index (χ2n) is 7.86. The van der Waals surface area contributed by atoms with Crippen LogP contribution in [-0.4, -0.2) is 20.8 Å². The summed E-state index contributed by atoms with van der Waals surface area (Å²) >= 11 is 0. The average Bonchev–Trinajstić information content (AvgIpc) is 3.20. The zero-order valence-corrected chi connectivity index (χ0v) is 17.9. The Morgan fingerprint density at radius 1 is 1.19 bits per heavy atom. The second kappa shape index (κ2) is 8.24. The quantitative estimate of drug-likeness (QED) is 0.456. The maximum absolute atomic E-state index is 13.1. The molecule has 0 saturated heterocycles. The minimum absolute atomic E-state index is 0.152. The summed E-state index contributed by atoms with van der Waals surface area (Å²) in [5.74, 6) is 0.0535. The van der Waals surface area contributed by atoms with Crippen LogP contribution >= 0.6 is 0 Å². The molecule has 6 nitrogen and oxygen atoms in total. The Hall–Kier alpha value is -3.64. The normalized spacial score (nSPS) is 12.1. The first-order valence-corrected chi connectivity index (χ1v) is 10.2. The van der Waals surface area contributed by atoms with Crippen LogP contribution in [0.4, 0.5) is 0 Å². The number of nitrogens with zero attached hydrogens (tertiary/aromatic N) is 2. The fourth-order valence-corrected chi connectivity index (χ4v) is 3.92. The first-order valence-electron chi connectivity index (χ1n) is 10.2. The smallest absolute Gasteiger partial charge is 0.252 e. The lowest BCUT2D eigenvalue weighted by Gasteiger charge is -2.20. The van der Waals surface area contributed by atoms with Crippen LogP contribution in [0.3, 0.4) is 0 Å². The highest BCUT2D eigenvalue weighted by Crippen LogP contribution is 2.39. The standard InChI is InChI=1S/C25H26N4O2/c1-15-8-9-17(12-26)10-21(15)25(31)28-16(2)22-11-23(18-13-27-29(3)14-18)24(30)20-7-5-4-6-19(20)22/h4-11,13-14,16,30H,12,26H2,1-3H3,(H,28,31). The zero-order chi connectivity index (χ0) is 22.1. The molecular formula is C25H26N4O2. The van der Waals surface area contributed by atoms with E-state index in [-0.39, 0.29) is 17.7 Å². The van der Waals surface area contributed by atoms with Gasteiger partial charge in [-0.2, -0.15) is 5.10 Å². The molecule has 4 aromatic rings. The van der Waals surface area contributed by atoms with Crippen LogP contribution in [0.25, 0.3) is 21.9 Å². The Labute approximate surface area is 181 Å². The van der Waals surface area contributed by atoms with Crippen LogP contribution in [-0.2, 0) is 13.6 Å². The van der Waals surface area contributed by atoms with Gasteiger partial charge in [-0.3, -0.25) is 9.48 Å². The predicted molar refractivity (Wildman–Crippen MR) is 123 cm³/mol. The molecule has 0 spiro atoms. The number of nitrogens with one attached hydrogen (secondary N) is 1. The van der Waals surface area contributed by atoms with Crippen molar-refractivity contribution in [2.75, 3.05) is 0 Å². The van der Waals surface area contributed by atoms with Gasteiger partial charge >= 0.3 is 0 Å². The summed E-state index contributed by atoms with van der Waals surface area (Å²) in [5, 5.41) is 19.9. The number of hydrogen-bond acceptors (Lipinski definition) is 4. The summed E-state index contributed by atoms with van der Waals surface area (Å²) in [6.45, 7) is 4.25. The first-order chi connectivity index (χ1) is 14.9. The van der Waals surface area contributed by atoms with Crippen LogP contribution in [0.1, 0.15) is 40.0 Å². The van der Waals surface area contributed by atoms with Gasteiger partial charge in [0.2, 0.25) is 0 Å². The fraction of sp³-hybridized carbons (Fsp3) is 0.200. The molecule has 0 aliphatic heterocycles. The van der Waals surface area contributed by atoms with Crippen LogP contribution in [0, 0.1) is 6.92 Å². The maximum Gasteiger partial charge on any atom is 0.252 e. The van der Waals surface area contributed by atoms with Gasteiger partial charge in [-0.15, -0.1) is 0 Å². The number of phenols is 1. The van der Waals surface area contributed by atoms with Crippen LogP contribution in [0.2, 0.25) is 0 Å². The largest absolute Gasteiger partial charge is 0.507 e. The van der Waals surface area contributed by atoms with E-state index in [0.717, 1.165) is 33.0 Å². The number of fused-ring (bicyclic) bond motifs is 1. The van der Waals surface area contributed by atoms with E-state index in [2.05, 4.69) is 10.4 Å². The molecule has 0 aliphatic rings. The third-order valence-corrected chi connectivity index (χ3v) is 5.66. The minimum atomic E-state index is -0.283. The van der Waals surface area contributed by atoms with Crippen molar-refractivity contribution >= 4 is 16.7 Å². The molecule has 3 aromatic carbocycles. The van der Waals surface area contributed by atoms with E-state index in [1.807, 2.05) is 75.6 Å². The van der Waals surface area contributed by atoms with Crippen LogP contribution in [0.5, 0.6) is 5.75 Å². The number of aryl methyl sites for hydroxylation is 2. The van der Waals surface area contributed by atoms with Gasteiger partial charge in [0, 0.05) is 41.9 Å². The molecule has 0 bridgehead atoms. The van der Waals surface area contributed by atoms with Crippen molar-refractivity contribution in [2.45, 2.75) is 26.4 Å². The highest BCUT2D eigenvalue weighted by molar-refractivity contribution is 5.99. The summed E-state index contributed by atoms with van der Waals surface area (Å²) in [4.78, 5) is 13.1. The van der Waals surface area contributed by atoms with Gasteiger partial charge < -0.3 is 16.2 Å². The maximum atomic E-state index is 13.1. The number of nitrogens with two attached hydrogens (primary N) is 1. The number of rotatable bonds is 5. The molecule has 1 amide bonds. The molecule has 0 saturated carbocycles. The summed E-state index contributed by atoms with van der Waals surface area (Å²) < 4.78 is 1.70. The Kier molecular flexibility index (Phi) is 5.48. The molecule has 4 rings (SSSR count). The molecule has 1 heterocycles. The van der Waals surface area contributed by atoms with Gasteiger partial charge in [0.1, 0.15) is 5.75 Å². The molecule has 0 aliphatic carbocycles. The summed E-state index contributed by atoms with van der Waals surface area (Å²) in [5.41, 5.74) is 10.6. The first kappa shape index (κ1) is 20.6. The van der Waals surface area contributed by atoms with Crippen molar-refractivity contribution in [2.24, 2.45) is 12.8 Å². The van der Waals surface area contributed by atoms with Gasteiger partial charge in [0.25, 0.3) is 5.91 Å². The molecule has 0 fully saturated rings. The van der Waals surface area contributed by atoms with Crippen molar-refractivity contribution in [1.82, 2.24) is 15.1 Å². The zero-order valence-electron chi connectivity index (χ0n) is 17.9. The number of carbonyl (C=O) groups is 1. The Morgan fingerprint density at radius 2 is 1.94 bits per heavy atom. The van der Waals surface area contributed by atoms with Crippen molar-refractivity contribution in [3.8, 4) is 16.9 Å². The third kappa shape index (κ3) is 3.90. The number of carbonyl (C=O) groups excluding carboxylic acids is 1. The highest BCUT2D eigenvalue weighted by Gasteiger charge is 2.20. The molecular weight excluding hydrogens is 388 g/mol. The van der Waals surface area contributed by atoms with E-state index in [4.69, 9.17) is 5.73 Å². The van der Waals surface area contributed by atoms with E-state index in [1.54, 1.807) is 10.9 Å². The van der Waals surface area contributed by atoms with Crippen LogP contribution in [0.15, 0.2) is 60.9 Å². The molecule has 31 heavy (non-hydrogen) atoms. The lowest BCUT2D eigenvalue weighted by Crippen LogP contribution is -2.27. The third-order valence-electron chi connectivity index (χ3n) is 5.66. The van der Waals surface area contributed by atoms with Crippen molar-refractivity contribution < 1.29 is 9.90 Å². The van der Waals surface area contributed by atoms with Crippen molar-refractivity contribution in [3.63, 3.8) is 0 Å². The Bertz CT molecular complexity index is 1280. The van der Waals surface area contributed by atoms with Gasteiger partial charge in [0.15, 0.2) is 0 Å². The number of amides is 1. The summed E-state index contributed by atoms with van der Waals surface area (Å²) in [6, 6.07) is 15.0. The van der Waals surface area contributed by atoms with Crippen LogP contribution < -0.4 is 11.1 Å². The molecule has 1 unspecified atom stereocenters. The predicted octanol–water partition coefficient (Wildman–Crippen LogP) is 4.20. The van der Waals surface area contributed by atoms with E-state index < -0.39 is 0 Å². The Morgan fingerprint density at radius 3 is 2.61 bits per heavy atom. The van der Waals surface area contributed by atoms with Gasteiger partial charge in [-0.05, 0) is 48.1 Å². The SMILES string of the molecule is Cc1ccc(CN)cc1C(=O)NC(C)c1cc(-c2cnn(C)c2)c(O)c2ccccc12. The molecule has 6 heteroatoms. The van der Waals surface area contributed by atoms with Gasteiger partial charge in [-0.1, -0.05) is 36.4 Å².